The molecule has 0 fully saturated rings. The smallest absolute Gasteiger partial charge is 0.127 e. The summed E-state index contributed by atoms with van der Waals surface area (Å²) in [6.07, 6.45) is 0.984. The van der Waals surface area contributed by atoms with Gasteiger partial charge in [-0.2, -0.15) is 0 Å². The highest BCUT2D eigenvalue weighted by Gasteiger charge is 2.26. The summed E-state index contributed by atoms with van der Waals surface area (Å²) in [5.41, 5.74) is 8.82. The summed E-state index contributed by atoms with van der Waals surface area (Å²) >= 11 is 0. The van der Waals surface area contributed by atoms with E-state index in [1.807, 2.05) is 25.8 Å². The van der Waals surface area contributed by atoms with E-state index < -0.39 is 0 Å². The molecule has 5 heteroatoms. The van der Waals surface area contributed by atoms with E-state index in [0.29, 0.717) is 15.4 Å². The van der Waals surface area contributed by atoms with Crippen molar-refractivity contribution in [2.45, 2.75) is 12.5 Å². The maximum atomic E-state index is 5.90. The number of hydrogen-bond donors (Lipinski definition) is 2. The normalized spacial score (nSPS) is 18.8. The average Bonchev–Trinajstić information content (AvgIpc) is 2.69. The fraction of sp³-hybridized carbons (Fsp3) is 0.455. The zero-order valence-corrected chi connectivity index (χ0v) is 10.5. The average molecular weight is 240 g/mol. The van der Waals surface area contributed by atoms with Crippen molar-refractivity contribution in [3.63, 3.8) is 0 Å². The van der Waals surface area contributed by atoms with Gasteiger partial charge in [0, 0.05) is 27.8 Å². The second-order valence-corrected chi connectivity index (χ2v) is 4.41. The molecule has 0 aromatic heterocycles. The monoisotopic (exact) mass is 240 g/mol. The van der Waals surface area contributed by atoms with Crippen molar-refractivity contribution in [3.8, 4) is 5.75 Å². The number of anilines is 2. The molecule has 0 saturated heterocycles. The second-order valence-electron chi connectivity index (χ2n) is 3.72. The number of ether oxygens (including phenoxy) is 1. The Kier molecular flexibility index (Phi) is 3.52. The molecule has 1 aliphatic heterocycles. The minimum atomic E-state index is 0.122. The van der Waals surface area contributed by atoms with Crippen LogP contribution in [0.3, 0.4) is 0 Å². The van der Waals surface area contributed by atoms with E-state index in [1.54, 1.807) is 0 Å². The predicted octanol–water partition coefficient (Wildman–Crippen LogP) is 1.85. The third-order valence-electron chi connectivity index (χ3n) is 2.69. The molecule has 0 saturated carbocycles. The highest BCUT2D eigenvalue weighted by Crippen LogP contribution is 2.38. The molecule has 16 heavy (non-hydrogen) atoms. The Hall–Kier alpha value is -0.990. The standard InChI is InChI=1S/C11H17N2O2P/c1-13-11-8-5-7(6-14-16-2)15-10(8)4-3-9(11)12/h3-4,7,13,16H,5-6,12H2,1-2H3. The van der Waals surface area contributed by atoms with Crippen LogP contribution in [0.4, 0.5) is 11.4 Å². The van der Waals surface area contributed by atoms with Crippen LogP contribution in [0.15, 0.2) is 12.1 Å². The summed E-state index contributed by atoms with van der Waals surface area (Å²) in [4.78, 5) is 0. The third kappa shape index (κ3) is 2.08. The van der Waals surface area contributed by atoms with Crippen LogP contribution in [-0.2, 0) is 10.9 Å². The predicted molar refractivity (Wildman–Crippen MR) is 68.7 cm³/mol. The summed E-state index contributed by atoms with van der Waals surface area (Å²) in [6.45, 7) is 2.66. The van der Waals surface area contributed by atoms with E-state index in [-0.39, 0.29) is 6.10 Å². The van der Waals surface area contributed by atoms with E-state index >= 15 is 0 Å². The molecule has 0 aliphatic carbocycles. The summed E-state index contributed by atoms with van der Waals surface area (Å²) in [6, 6.07) is 3.80. The summed E-state index contributed by atoms with van der Waals surface area (Å²) in [5.74, 6) is 0.923. The Morgan fingerprint density at radius 1 is 1.62 bits per heavy atom. The van der Waals surface area contributed by atoms with Gasteiger partial charge >= 0.3 is 0 Å². The first-order chi connectivity index (χ1) is 7.76. The molecule has 1 heterocycles. The van der Waals surface area contributed by atoms with Crippen LogP contribution < -0.4 is 15.8 Å². The first kappa shape index (κ1) is 11.5. The number of hydrogen-bond acceptors (Lipinski definition) is 4. The van der Waals surface area contributed by atoms with Gasteiger partial charge < -0.3 is 20.3 Å². The fourth-order valence-electron chi connectivity index (χ4n) is 1.97. The minimum absolute atomic E-state index is 0.122. The molecular formula is C11H17N2O2P. The molecule has 0 amide bonds. The van der Waals surface area contributed by atoms with Crippen LogP contribution in [0.1, 0.15) is 5.56 Å². The van der Waals surface area contributed by atoms with E-state index in [4.69, 9.17) is 15.0 Å². The van der Waals surface area contributed by atoms with Gasteiger partial charge in [0.2, 0.25) is 0 Å². The maximum Gasteiger partial charge on any atom is 0.127 e. The van der Waals surface area contributed by atoms with Crippen LogP contribution in [0.25, 0.3) is 0 Å². The fourth-order valence-corrected chi connectivity index (χ4v) is 2.33. The van der Waals surface area contributed by atoms with Crippen LogP contribution in [0.2, 0.25) is 0 Å². The molecule has 2 rings (SSSR count). The maximum absolute atomic E-state index is 5.90. The minimum Gasteiger partial charge on any atom is -0.487 e. The van der Waals surface area contributed by atoms with Crippen LogP contribution >= 0.6 is 8.81 Å². The molecular weight excluding hydrogens is 223 g/mol. The molecule has 2 unspecified atom stereocenters. The molecule has 0 radical (unpaired) electrons. The Balaban J connectivity index is 2.17. The van der Waals surface area contributed by atoms with Gasteiger partial charge in [-0.3, -0.25) is 0 Å². The number of rotatable bonds is 4. The molecule has 2 atom stereocenters. The van der Waals surface area contributed by atoms with Crippen molar-refractivity contribution in [2.24, 2.45) is 0 Å². The van der Waals surface area contributed by atoms with Crippen LogP contribution in [-0.4, -0.2) is 26.4 Å². The van der Waals surface area contributed by atoms with Crippen molar-refractivity contribution >= 4 is 20.2 Å². The van der Waals surface area contributed by atoms with Crippen molar-refractivity contribution < 1.29 is 9.26 Å². The summed E-state index contributed by atoms with van der Waals surface area (Å²) < 4.78 is 11.2. The number of benzene rings is 1. The van der Waals surface area contributed by atoms with Gasteiger partial charge in [0.25, 0.3) is 0 Å². The van der Waals surface area contributed by atoms with Gasteiger partial charge in [-0.05, 0) is 18.8 Å². The molecule has 1 aromatic carbocycles. The second kappa shape index (κ2) is 4.89. The molecule has 1 aromatic rings. The molecule has 4 nitrogen and oxygen atoms in total. The highest BCUT2D eigenvalue weighted by atomic mass is 31.1. The lowest BCUT2D eigenvalue weighted by molar-refractivity contribution is 0.161. The van der Waals surface area contributed by atoms with Crippen LogP contribution in [0.5, 0.6) is 5.75 Å². The van der Waals surface area contributed by atoms with Crippen molar-refractivity contribution in [1.82, 2.24) is 0 Å². The van der Waals surface area contributed by atoms with E-state index in [0.717, 1.165) is 29.1 Å². The van der Waals surface area contributed by atoms with Gasteiger partial charge in [0.05, 0.1) is 18.0 Å². The van der Waals surface area contributed by atoms with Crippen molar-refractivity contribution in [3.05, 3.63) is 17.7 Å². The first-order valence-electron chi connectivity index (χ1n) is 5.30. The van der Waals surface area contributed by atoms with Gasteiger partial charge in [0.15, 0.2) is 0 Å². The lowest BCUT2D eigenvalue weighted by Gasteiger charge is -2.09. The van der Waals surface area contributed by atoms with E-state index in [1.165, 1.54) is 0 Å². The van der Waals surface area contributed by atoms with Gasteiger partial charge in [-0.25, -0.2) is 0 Å². The molecule has 3 N–H and O–H groups in total. The van der Waals surface area contributed by atoms with Gasteiger partial charge in [-0.15, -0.1) is 0 Å². The third-order valence-corrected chi connectivity index (χ3v) is 3.15. The zero-order valence-electron chi connectivity index (χ0n) is 9.54. The highest BCUT2D eigenvalue weighted by molar-refractivity contribution is 7.31. The first-order valence-corrected chi connectivity index (χ1v) is 6.71. The number of nitrogens with two attached hydrogens (primary N) is 1. The van der Waals surface area contributed by atoms with Crippen molar-refractivity contribution in [2.75, 3.05) is 31.4 Å². The molecule has 88 valence electrons. The number of fused-ring (bicyclic) bond motifs is 1. The van der Waals surface area contributed by atoms with Crippen molar-refractivity contribution in [1.29, 1.82) is 0 Å². The van der Waals surface area contributed by atoms with E-state index in [2.05, 4.69) is 5.32 Å². The van der Waals surface area contributed by atoms with E-state index in [9.17, 15) is 0 Å². The number of nitrogens with one attached hydrogen (secondary N) is 1. The largest absolute Gasteiger partial charge is 0.487 e. The Morgan fingerprint density at radius 2 is 2.44 bits per heavy atom. The SMILES string of the molecule is CNc1c(N)ccc2c1CC(COPC)O2. The zero-order chi connectivity index (χ0) is 11.5. The molecule has 0 bridgehead atoms. The van der Waals surface area contributed by atoms with Gasteiger partial charge in [0.1, 0.15) is 11.9 Å². The summed E-state index contributed by atoms with van der Waals surface area (Å²) in [7, 11) is 2.38. The summed E-state index contributed by atoms with van der Waals surface area (Å²) in [5, 5.41) is 3.13. The Bertz CT molecular complexity index is 384. The van der Waals surface area contributed by atoms with Crippen LogP contribution in [0, 0.1) is 0 Å². The molecule has 1 aliphatic rings. The Labute approximate surface area is 97.4 Å². The van der Waals surface area contributed by atoms with Gasteiger partial charge in [-0.1, -0.05) is 0 Å². The topological polar surface area (TPSA) is 56.5 Å². The quantitative estimate of drug-likeness (QED) is 0.623. The lowest BCUT2D eigenvalue weighted by atomic mass is 10.1. The lowest BCUT2D eigenvalue weighted by Crippen LogP contribution is -2.18. The molecule has 0 spiro atoms. The number of nitrogen functional groups attached to an aromatic ring is 1. The Morgan fingerprint density at radius 3 is 3.12 bits per heavy atom.